The summed E-state index contributed by atoms with van der Waals surface area (Å²) in [5.41, 5.74) is -0.543. The summed E-state index contributed by atoms with van der Waals surface area (Å²) >= 11 is 3.30. The van der Waals surface area contributed by atoms with Crippen molar-refractivity contribution in [3.05, 3.63) is 28.7 Å². The second kappa shape index (κ2) is 6.81. The summed E-state index contributed by atoms with van der Waals surface area (Å²) in [5.74, 6) is -0.00957. The Kier molecular flexibility index (Phi) is 5.41. The molecule has 5 nitrogen and oxygen atoms in total. The molecule has 1 aromatic carbocycles. The number of carbonyl (C=O) groups is 1. The molecule has 0 saturated carbocycles. The van der Waals surface area contributed by atoms with Gasteiger partial charge in [-0.3, -0.25) is 0 Å². The third-order valence-corrected chi connectivity index (χ3v) is 5.99. The van der Waals surface area contributed by atoms with Crippen LogP contribution in [-0.4, -0.2) is 43.9 Å². The number of halogens is 1. The molecular weight excluding hydrogens is 382 g/mol. The molecule has 0 aliphatic carbocycles. The zero-order valence-corrected chi connectivity index (χ0v) is 16.0. The van der Waals surface area contributed by atoms with E-state index in [2.05, 4.69) is 15.9 Å². The fourth-order valence-electron chi connectivity index (χ4n) is 2.51. The van der Waals surface area contributed by atoms with Gasteiger partial charge in [-0.2, -0.15) is 0 Å². The zero-order valence-electron chi connectivity index (χ0n) is 13.6. The predicted octanol–water partition coefficient (Wildman–Crippen LogP) is 3.48. The van der Waals surface area contributed by atoms with Crippen molar-refractivity contribution in [2.75, 3.05) is 18.8 Å². The van der Waals surface area contributed by atoms with E-state index in [1.165, 1.54) is 0 Å². The molecule has 1 aliphatic rings. The van der Waals surface area contributed by atoms with Gasteiger partial charge in [0.25, 0.3) is 0 Å². The first-order chi connectivity index (χ1) is 10.6. The van der Waals surface area contributed by atoms with Gasteiger partial charge in [0.2, 0.25) is 0 Å². The molecular formula is C16H22BrNO4S. The highest BCUT2D eigenvalue weighted by molar-refractivity contribution is 9.10. The van der Waals surface area contributed by atoms with Crippen LogP contribution in [0.4, 0.5) is 4.79 Å². The highest BCUT2D eigenvalue weighted by Crippen LogP contribution is 2.24. The average molecular weight is 404 g/mol. The molecule has 0 bridgehead atoms. The van der Waals surface area contributed by atoms with Crippen molar-refractivity contribution in [1.29, 1.82) is 0 Å². The van der Waals surface area contributed by atoms with Gasteiger partial charge in [-0.15, -0.1) is 0 Å². The molecule has 0 N–H and O–H groups in total. The SMILES string of the molecule is CC(C)(C)OC(=O)N1CCC(CS(=O)(=O)c2ccc(Br)cc2)C1. The number of amides is 1. The first kappa shape index (κ1) is 18.3. The monoisotopic (exact) mass is 403 g/mol. The van der Waals surface area contributed by atoms with E-state index in [1.54, 1.807) is 29.2 Å². The molecule has 7 heteroatoms. The van der Waals surface area contributed by atoms with E-state index in [0.29, 0.717) is 24.4 Å². The van der Waals surface area contributed by atoms with Crippen molar-refractivity contribution in [2.24, 2.45) is 5.92 Å². The van der Waals surface area contributed by atoms with Gasteiger partial charge in [0.15, 0.2) is 9.84 Å². The van der Waals surface area contributed by atoms with Crippen LogP contribution in [0.3, 0.4) is 0 Å². The highest BCUT2D eigenvalue weighted by Gasteiger charge is 2.32. The summed E-state index contributed by atoms with van der Waals surface area (Å²) < 4.78 is 31.1. The molecule has 1 heterocycles. The number of benzene rings is 1. The normalized spacial score (nSPS) is 19.0. The minimum absolute atomic E-state index is 0.0495. The Morgan fingerprint density at radius 3 is 2.48 bits per heavy atom. The predicted molar refractivity (Wildman–Crippen MR) is 92.1 cm³/mol. The van der Waals surface area contributed by atoms with Crippen LogP contribution in [0.5, 0.6) is 0 Å². The Morgan fingerprint density at radius 1 is 1.30 bits per heavy atom. The van der Waals surface area contributed by atoms with Crippen molar-refractivity contribution in [2.45, 2.75) is 37.7 Å². The lowest BCUT2D eigenvalue weighted by atomic mass is 10.2. The van der Waals surface area contributed by atoms with Crippen LogP contribution in [0.1, 0.15) is 27.2 Å². The molecule has 0 radical (unpaired) electrons. The van der Waals surface area contributed by atoms with Gasteiger partial charge in [-0.25, -0.2) is 13.2 Å². The van der Waals surface area contributed by atoms with Crippen molar-refractivity contribution in [3.8, 4) is 0 Å². The van der Waals surface area contributed by atoms with Crippen molar-refractivity contribution in [3.63, 3.8) is 0 Å². The van der Waals surface area contributed by atoms with Crippen LogP contribution in [-0.2, 0) is 14.6 Å². The summed E-state index contributed by atoms with van der Waals surface area (Å²) in [6.07, 6.45) is 0.302. The molecule has 1 aromatic rings. The van der Waals surface area contributed by atoms with Crippen LogP contribution in [0.25, 0.3) is 0 Å². The van der Waals surface area contributed by atoms with Gasteiger partial charge in [0.05, 0.1) is 10.6 Å². The number of rotatable bonds is 3. The largest absolute Gasteiger partial charge is 0.444 e. The van der Waals surface area contributed by atoms with E-state index in [9.17, 15) is 13.2 Å². The van der Waals surface area contributed by atoms with E-state index < -0.39 is 15.4 Å². The number of likely N-dealkylation sites (tertiary alicyclic amines) is 1. The molecule has 2 rings (SSSR count). The highest BCUT2D eigenvalue weighted by atomic mass is 79.9. The van der Waals surface area contributed by atoms with Crippen molar-refractivity contribution >= 4 is 31.9 Å². The molecule has 0 spiro atoms. The standard InChI is InChI=1S/C16H22BrNO4S/c1-16(2,3)22-15(19)18-9-8-12(10-18)11-23(20,21)14-6-4-13(17)5-7-14/h4-7,12H,8-11H2,1-3H3. The maximum atomic E-state index is 12.5. The van der Waals surface area contributed by atoms with Gasteiger partial charge in [-0.05, 0) is 57.4 Å². The molecule has 0 aromatic heterocycles. The average Bonchev–Trinajstić information content (AvgIpc) is 2.85. The van der Waals surface area contributed by atoms with Crippen molar-refractivity contribution < 1.29 is 17.9 Å². The summed E-state index contributed by atoms with van der Waals surface area (Å²) in [7, 11) is -3.34. The first-order valence-electron chi connectivity index (χ1n) is 7.53. The van der Waals surface area contributed by atoms with Crippen LogP contribution in [0, 0.1) is 5.92 Å². The summed E-state index contributed by atoms with van der Waals surface area (Å²) in [6.45, 7) is 6.41. The Balaban J connectivity index is 1.97. The minimum atomic E-state index is -3.34. The maximum absolute atomic E-state index is 12.5. The quantitative estimate of drug-likeness (QED) is 0.774. The van der Waals surface area contributed by atoms with Crippen LogP contribution in [0.15, 0.2) is 33.6 Å². The summed E-state index contributed by atoms with van der Waals surface area (Å²) in [4.78, 5) is 13.9. The second-order valence-electron chi connectivity index (χ2n) is 6.82. The van der Waals surface area contributed by atoms with Crippen LogP contribution < -0.4 is 0 Å². The smallest absolute Gasteiger partial charge is 0.410 e. The number of sulfone groups is 1. The van der Waals surface area contributed by atoms with Gasteiger partial charge in [0.1, 0.15) is 5.60 Å². The molecule has 1 fully saturated rings. The van der Waals surface area contributed by atoms with E-state index in [4.69, 9.17) is 4.74 Å². The topological polar surface area (TPSA) is 63.7 Å². The Labute approximate surface area is 146 Å². The van der Waals surface area contributed by atoms with Crippen molar-refractivity contribution in [1.82, 2.24) is 4.90 Å². The van der Waals surface area contributed by atoms with Gasteiger partial charge in [-0.1, -0.05) is 15.9 Å². The van der Waals surface area contributed by atoms with Gasteiger partial charge >= 0.3 is 6.09 Å². The summed E-state index contributed by atoms with van der Waals surface area (Å²) in [5, 5.41) is 0. The number of hydrogen-bond donors (Lipinski definition) is 0. The Bertz CT molecular complexity index is 664. The van der Waals surface area contributed by atoms with Gasteiger partial charge in [0, 0.05) is 17.6 Å². The molecule has 1 amide bonds. The van der Waals surface area contributed by atoms with Crippen LogP contribution in [0.2, 0.25) is 0 Å². The molecule has 1 aliphatic heterocycles. The third-order valence-electron chi connectivity index (χ3n) is 3.57. The molecule has 128 valence electrons. The lowest BCUT2D eigenvalue weighted by Gasteiger charge is -2.24. The number of hydrogen-bond acceptors (Lipinski definition) is 4. The lowest BCUT2D eigenvalue weighted by molar-refractivity contribution is 0.0289. The Hall–Kier alpha value is -1.08. The van der Waals surface area contributed by atoms with E-state index in [0.717, 1.165) is 4.47 Å². The molecule has 23 heavy (non-hydrogen) atoms. The first-order valence-corrected chi connectivity index (χ1v) is 9.97. The number of ether oxygens (including phenoxy) is 1. The minimum Gasteiger partial charge on any atom is -0.444 e. The van der Waals surface area contributed by atoms with E-state index in [-0.39, 0.29) is 17.8 Å². The molecule has 1 saturated heterocycles. The van der Waals surface area contributed by atoms with E-state index in [1.807, 2.05) is 20.8 Å². The number of nitrogens with zero attached hydrogens (tertiary/aromatic N) is 1. The fourth-order valence-corrected chi connectivity index (χ4v) is 4.41. The Morgan fingerprint density at radius 2 is 1.91 bits per heavy atom. The maximum Gasteiger partial charge on any atom is 0.410 e. The molecule has 1 unspecified atom stereocenters. The van der Waals surface area contributed by atoms with Gasteiger partial charge < -0.3 is 9.64 Å². The van der Waals surface area contributed by atoms with E-state index >= 15 is 0 Å². The summed E-state index contributed by atoms with van der Waals surface area (Å²) in [6, 6.07) is 6.63. The second-order valence-corrected chi connectivity index (χ2v) is 9.77. The fraction of sp³-hybridized carbons (Fsp3) is 0.562. The third kappa shape index (κ3) is 5.21. The molecule has 1 atom stereocenters. The van der Waals surface area contributed by atoms with Crippen LogP contribution >= 0.6 is 15.9 Å². The zero-order chi connectivity index (χ0) is 17.3. The number of carbonyl (C=O) groups excluding carboxylic acids is 1. The lowest BCUT2D eigenvalue weighted by Crippen LogP contribution is -2.35.